The minimum atomic E-state index is 0.539. The largest absolute Gasteiger partial charge is 0.294 e. The average molecular weight is 1860 g/mol. The van der Waals surface area contributed by atoms with Crippen LogP contribution >= 0.6 is 0 Å². The van der Waals surface area contributed by atoms with E-state index in [1.807, 2.05) is 200 Å². The maximum atomic E-state index is 10.0. The van der Waals surface area contributed by atoms with Gasteiger partial charge in [-0.3, -0.25) is 27.4 Å². The number of hydrogen-bond donors (Lipinski definition) is 0. The molecule has 674 valence electrons. The number of aromatic nitrogens is 9. The van der Waals surface area contributed by atoms with Crippen LogP contribution in [0.5, 0.6) is 0 Å². The van der Waals surface area contributed by atoms with Crippen LogP contribution in [0.25, 0.3) is 233 Å². The normalized spacial score (nSPS) is 11.2. The van der Waals surface area contributed by atoms with Crippen molar-refractivity contribution in [1.82, 2.24) is 42.4 Å². The summed E-state index contributed by atoms with van der Waals surface area (Å²) in [7, 11) is 0. The first kappa shape index (κ1) is 86.2. The molecule has 0 aliphatic carbocycles. The molecule has 146 heavy (non-hydrogen) atoms. The van der Waals surface area contributed by atoms with Gasteiger partial charge in [0.25, 0.3) is 0 Å². The summed E-state index contributed by atoms with van der Waals surface area (Å²) in [5.41, 5.74) is 28.1. The van der Waals surface area contributed by atoms with E-state index in [9.17, 15) is 36.8 Å². The van der Waals surface area contributed by atoms with E-state index in [2.05, 4.69) is 319 Å². The lowest BCUT2D eigenvalue weighted by Gasteiger charge is -2.17. The van der Waals surface area contributed by atoms with Gasteiger partial charge in [-0.05, 0) is 249 Å². The maximum absolute atomic E-state index is 10.0. The molecule has 0 bridgehead atoms. The first-order chi connectivity index (χ1) is 72.1. The van der Waals surface area contributed by atoms with E-state index in [-0.39, 0.29) is 0 Å². The summed E-state index contributed by atoms with van der Waals surface area (Å²) < 4.78 is 13.2. The summed E-state index contributed by atoms with van der Waals surface area (Å²) in [5.74, 6) is 4.54. The van der Waals surface area contributed by atoms with Gasteiger partial charge in [0.15, 0.2) is 0 Å². The van der Waals surface area contributed by atoms with Gasteiger partial charge < -0.3 is 0 Å². The number of nitrogens with zero attached hydrogens (tertiary/aromatic N) is 16. The highest BCUT2D eigenvalue weighted by molar-refractivity contribution is 6.16. The van der Waals surface area contributed by atoms with Crippen LogP contribution in [-0.4, -0.2) is 42.4 Å². The standard InChI is InChI=1S/C44H24N6.2C43H25N5/c45-25-28-17-19-41-37(21-28)38-22-29(26-46)18-20-42(38)50(41)44-24-31(33-11-3-4-12-34(33)32-10-2-1-9-30(32)27-47)23-43(48-44)49-39-15-7-5-13-35(39)36-14-6-8-16-40(36)49;44-26-28-10-9-11-30(22-28)32-12-1-2-13-33(32)31-24-42(47-38-17-6-3-14-34(38)35-15-4-7-18-39(35)47)46-43(25-31)48-40-19-8-5-16-36(40)37-23-29(27-45)20-21-41(37)48;44-26-28-17-20-30(21-18-28)32-9-1-2-10-33(32)31-24-42(47-38-14-6-3-11-34(38)35-12-4-7-15-39(35)47)46-43(25-31)48-40-16-8-5-13-36(40)37-23-29(27-45)19-22-41(37)48/h1-24H;2*1-25H. The Kier molecular flexibility index (Phi) is 21.2. The van der Waals surface area contributed by atoms with Gasteiger partial charge >= 0.3 is 0 Å². The van der Waals surface area contributed by atoms with Crippen molar-refractivity contribution in [2.24, 2.45) is 0 Å². The van der Waals surface area contributed by atoms with E-state index in [0.29, 0.717) is 44.8 Å². The topological polar surface area (TPSA) is 235 Å². The fraction of sp³-hybridized carbons (Fsp3) is 0. The van der Waals surface area contributed by atoms with E-state index in [4.69, 9.17) is 15.0 Å². The second kappa shape index (κ2) is 35.9. The molecule has 0 spiro atoms. The summed E-state index contributed by atoms with van der Waals surface area (Å²) in [6.45, 7) is 0. The molecule has 18 aromatic carbocycles. The Bertz CT molecular complexity index is 10300. The summed E-state index contributed by atoms with van der Waals surface area (Å²) in [5, 5.41) is 81.0. The minimum Gasteiger partial charge on any atom is -0.294 e. The highest BCUT2D eigenvalue weighted by Gasteiger charge is 2.27. The Labute approximate surface area is 836 Å². The maximum Gasteiger partial charge on any atom is 0.140 e. The second-order valence-electron chi connectivity index (χ2n) is 35.9. The number of benzene rings is 18. The van der Waals surface area contributed by atoms with Crippen molar-refractivity contribution in [3.05, 3.63) is 488 Å². The fourth-order valence-electron chi connectivity index (χ4n) is 21.4. The zero-order chi connectivity index (χ0) is 98.2. The fourth-order valence-corrected chi connectivity index (χ4v) is 21.4. The van der Waals surface area contributed by atoms with Crippen molar-refractivity contribution < 1.29 is 0 Å². The predicted molar refractivity (Wildman–Crippen MR) is 584 cm³/mol. The van der Waals surface area contributed by atoms with E-state index < -0.39 is 0 Å². The molecule has 0 atom stereocenters. The van der Waals surface area contributed by atoms with Crippen LogP contribution in [-0.2, 0) is 0 Å². The monoisotopic (exact) mass is 1860 g/mol. The Balaban J connectivity index is 0.000000114. The molecule has 27 aromatic rings. The van der Waals surface area contributed by atoms with Gasteiger partial charge in [-0.15, -0.1) is 0 Å². The van der Waals surface area contributed by atoms with E-state index in [0.717, 1.165) is 216 Å². The molecule has 27 rings (SSSR count). The predicted octanol–water partition coefficient (Wildman–Crippen LogP) is 30.9. The lowest BCUT2D eigenvalue weighted by molar-refractivity contribution is 1.01. The van der Waals surface area contributed by atoms with Crippen molar-refractivity contribution in [1.29, 1.82) is 36.8 Å². The lowest BCUT2D eigenvalue weighted by Crippen LogP contribution is -2.04. The van der Waals surface area contributed by atoms with Crippen molar-refractivity contribution in [2.45, 2.75) is 0 Å². The molecule has 9 heterocycles. The third-order valence-corrected chi connectivity index (χ3v) is 27.8. The zero-order valence-corrected chi connectivity index (χ0v) is 77.9. The SMILES string of the molecule is N#Cc1ccc(-c2ccccc2-c2cc(-n3c4ccccc4c4ccccc43)nc(-n3c4ccccc4c4cc(C#N)ccc43)c2)cc1.N#Cc1ccc2c(c1)c1cc(C#N)ccc1n2-c1cc(-c2ccccc2-c2ccccc2C#N)cc(-n2c3ccccc3c3ccccc32)n1.N#Cc1cccc(-c2ccccc2-c2cc(-n3c4ccccc4c4ccccc43)nc(-n3c4ccccc4c4cc(C#N)ccc43)c2)c1. The van der Waals surface area contributed by atoms with Crippen molar-refractivity contribution in [3.63, 3.8) is 0 Å². The first-order valence-corrected chi connectivity index (χ1v) is 47.7. The van der Waals surface area contributed by atoms with Gasteiger partial charge in [0.1, 0.15) is 34.9 Å². The molecule has 16 heteroatoms. The first-order valence-electron chi connectivity index (χ1n) is 47.7. The van der Waals surface area contributed by atoms with Gasteiger partial charge in [0.2, 0.25) is 0 Å². The Morgan fingerprint density at radius 2 is 0.349 bits per heavy atom. The summed E-state index contributed by atoms with van der Waals surface area (Å²) in [4.78, 5) is 16.3. The van der Waals surface area contributed by atoms with Gasteiger partial charge in [-0.25, -0.2) is 15.0 Å². The van der Waals surface area contributed by atoms with Crippen molar-refractivity contribution in [3.8, 4) is 144 Å². The van der Waals surface area contributed by atoms with Crippen LogP contribution in [0.2, 0.25) is 0 Å². The molecule has 0 saturated heterocycles. The molecule has 0 unspecified atom stereocenters. The number of fused-ring (bicyclic) bond motifs is 18. The van der Waals surface area contributed by atoms with E-state index in [1.54, 1.807) is 0 Å². The van der Waals surface area contributed by atoms with Crippen LogP contribution in [0.15, 0.2) is 449 Å². The summed E-state index contributed by atoms with van der Waals surface area (Å²) >= 11 is 0. The quantitative estimate of drug-likeness (QED) is 0.112. The van der Waals surface area contributed by atoms with Crippen LogP contribution < -0.4 is 0 Å². The molecule has 0 radical (unpaired) electrons. The molecule has 0 aliphatic rings. The van der Waals surface area contributed by atoms with Gasteiger partial charge in [0, 0.05) is 70.2 Å². The molecular formula is C130H74N16. The zero-order valence-electron chi connectivity index (χ0n) is 77.9. The Hall–Kier alpha value is -21.4. The third-order valence-electron chi connectivity index (χ3n) is 27.8. The molecule has 0 N–H and O–H groups in total. The summed E-state index contributed by atoms with van der Waals surface area (Å²) in [6.07, 6.45) is 0. The second-order valence-corrected chi connectivity index (χ2v) is 35.9. The van der Waals surface area contributed by atoms with Crippen LogP contribution in [0.3, 0.4) is 0 Å². The Morgan fingerprint density at radius 1 is 0.137 bits per heavy atom. The number of hydrogen-bond acceptors (Lipinski definition) is 10. The number of pyridine rings is 3. The highest BCUT2D eigenvalue weighted by Crippen LogP contribution is 2.46. The smallest absolute Gasteiger partial charge is 0.140 e. The van der Waals surface area contributed by atoms with Crippen molar-refractivity contribution >= 4 is 131 Å². The van der Waals surface area contributed by atoms with Gasteiger partial charge in [-0.1, -0.05) is 261 Å². The number of rotatable bonds is 12. The van der Waals surface area contributed by atoms with Gasteiger partial charge in [-0.2, -0.15) is 36.8 Å². The minimum absolute atomic E-state index is 0.539. The average Bonchev–Trinajstić information content (AvgIpc) is 1.57. The van der Waals surface area contributed by atoms with Crippen molar-refractivity contribution in [2.75, 3.05) is 0 Å². The van der Waals surface area contributed by atoms with Crippen LogP contribution in [0, 0.1) is 79.3 Å². The van der Waals surface area contributed by atoms with E-state index in [1.165, 1.54) is 10.8 Å². The lowest BCUT2D eigenvalue weighted by atomic mass is 9.92. The Morgan fingerprint density at radius 3 is 0.637 bits per heavy atom. The molecule has 0 fully saturated rings. The molecule has 16 nitrogen and oxygen atoms in total. The molecule has 9 aromatic heterocycles. The molecular weight excluding hydrogens is 1790 g/mol. The molecule has 0 saturated carbocycles. The summed E-state index contributed by atoms with van der Waals surface area (Å²) in [6, 6.07) is 167. The molecule has 0 aliphatic heterocycles. The van der Waals surface area contributed by atoms with Crippen LogP contribution in [0.4, 0.5) is 0 Å². The van der Waals surface area contributed by atoms with Gasteiger partial charge in [0.05, 0.1) is 148 Å². The molecule has 0 amide bonds. The van der Waals surface area contributed by atoms with Crippen LogP contribution in [0.1, 0.15) is 38.9 Å². The number of para-hydroxylation sites is 8. The van der Waals surface area contributed by atoms with E-state index >= 15 is 0 Å². The third kappa shape index (κ3) is 14.6. The highest BCUT2D eigenvalue weighted by atomic mass is 15.2. The number of nitriles is 7.